The first kappa shape index (κ1) is 11.4. The third-order valence-corrected chi connectivity index (χ3v) is 2.64. The van der Waals surface area contributed by atoms with E-state index in [2.05, 4.69) is 15.1 Å². The number of rotatable bonds is 2. The monoisotopic (exact) mass is 260 g/mol. The van der Waals surface area contributed by atoms with Crippen molar-refractivity contribution in [3.05, 3.63) is 36.4 Å². The van der Waals surface area contributed by atoms with Gasteiger partial charge in [0, 0.05) is 19.4 Å². The van der Waals surface area contributed by atoms with Crippen molar-refractivity contribution in [1.29, 1.82) is 0 Å². The van der Waals surface area contributed by atoms with Crippen molar-refractivity contribution in [1.82, 2.24) is 19.7 Å². The molecule has 6 nitrogen and oxygen atoms in total. The Bertz CT molecular complexity index is 735. The lowest BCUT2D eigenvalue weighted by Gasteiger charge is -1.98. The van der Waals surface area contributed by atoms with Crippen LogP contribution in [0.3, 0.4) is 0 Å². The number of aromatic hydroxyl groups is 1. The molecular formula is C12H9FN4O2. The van der Waals surface area contributed by atoms with Crippen LogP contribution in [0.4, 0.5) is 4.39 Å². The van der Waals surface area contributed by atoms with E-state index >= 15 is 0 Å². The third kappa shape index (κ3) is 1.95. The van der Waals surface area contributed by atoms with E-state index in [1.165, 1.54) is 6.07 Å². The van der Waals surface area contributed by atoms with Crippen LogP contribution in [-0.2, 0) is 7.05 Å². The minimum atomic E-state index is -0.496. The van der Waals surface area contributed by atoms with Crippen molar-refractivity contribution in [3.63, 3.8) is 0 Å². The molecular weight excluding hydrogens is 251 g/mol. The van der Waals surface area contributed by atoms with Crippen LogP contribution in [0.5, 0.6) is 5.75 Å². The number of hydrogen-bond donors (Lipinski definition) is 1. The highest BCUT2D eigenvalue weighted by atomic mass is 19.1. The maximum Gasteiger partial charge on any atom is 0.262 e. The Kier molecular flexibility index (Phi) is 2.52. The standard InChI is InChI=1S/C12H9FN4O2/c1-17-5-4-14-11(17)10-15-12(19-16-10)8-6-7(13)2-3-9(8)18/h2-6,18H,1H3. The Balaban J connectivity index is 2.06. The van der Waals surface area contributed by atoms with Crippen molar-refractivity contribution in [2.24, 2.45) is 7.05 Å². The Morgan fingerprint density at radius 2 is 2.21 bits per heavy atom. The second-order valence-electron chi connectivity index (χ2n) is 3.95. The van der Waals surface area contributed by atoms with Crippen molar-refractivity contribution < 1.29 is 14.0 Å². The van der Waals surface area contributed by atoms with Gasteiger partial charge in [0.05, 0.1) is 5.56 Å². The van der Waals surface area contributed by atoms with Crippen molar-refractivity contribution >= 4 is 0 Å². The highest BCUT2D eigenvalue weighted by molar-refractivity contribution is 5.63. The van der Waals surface area contributed by atoms with Crippen molar-refractivity contribution in [2.45, 2.75) is 0 Å². The third-order valence-electron chi connectivity index (χ3n) is 2.64. The van der Waals surface area contributed by atoms with Crippen LogP contribution < -0.4 is 0 Å². The summed E-state index contributed by atoms with van der Waals surface area (Å²) in [5.74, 6) is 0.202. The number of halogens is 1. The lowest BCUT2D eigenvalue weighted by atomic mass is 10.2. The van der Waals surface area contributed by atoms with Gasteiger partial charge in [-0.2, -0.15) is 4.98 Å². The van der Waals surface area contributed by atoms with E-state index in [0.29, 0.717) is 5.82 Å². The summed E-state index contributed by atoms with van der Waals surface area (Å²) in [6.45, 7) is 0. The molecule has 0 bridgehead atoms. The SMILES string of the molecule is Cn1ccnc1-c1noc(-c2cc(F)ccc2O)n1. The first-order valence-electron chi connectivity index (χ1n) is 5.45. The van der Waals surface area contributed by atoms with Gasteiger partial charge in [0.15, 0.2) is 5.82 Å². The van der Waals surface area contributed by atoms with Crippen LogP contribution in [0.25, 0.3) is 23.1 Å². The minimum Gasteiger partial charge on any atom is -0.507 e. The zero-order chi connectivity index (χ0) is 13.4. The van der Waals surface area contributed by atoms with Gasteiger partial charge in [-0.3, -0.25) is 0 Å². The average Bonchev–Trinajstić information content (AvgIpc) is 3.00. The van der Waals surface area contributed by atoms with Gasteiger partial charge in [-0.1, -0.05) is 5.16 Å². The molecule has 0 fully saturated rings. The molecule has 1 N–H and O–H groups in total. The number of nitrogens with zero attached hydrogens (tertiary/aromatic N) is 4. The first-order valence-corrected chi connectivity index (χ1v) is 5.45. The molecule has 1 aromatic carbocycles. The van der Waals surface area contributed by atoms with Gasteiger partial charge >= 0.3 is 0 Å². The first-order chi connectivity index (χ1) is 9.15. The molecule has 0 aliphatic heterocycles. The molecule has 3 aromatic rings. The van der Waals surface area contributed by atoms with Crippen LogP contribution in [0, 0.1) is 5.82 Å². The molecule has 96 valence electrons. The van der Waals surface area contributed by atoms with Gasteiger partial charge in [-0.15, -0.1) is 0 Å². The fourth-order valence-corrected chi connectivity index (χ4v) is 1.68. The summed E-state index contributed by atoms with van der Waals surface area (Å²) in [6.07, 6.45) is 3.34. The van der Waals surface area contributed by atoms with Crippen molar-refractivity contribution in [2.75, 3.05) is 0 Å². The molecule has 0 atom stereocenters. The van der Waals surface area contributed by atoms with Gasteiger partial charge in [-0.25, -0.2) is 9.37 Å². The predicted molar refractivity (Wildman–Crippen MR) is 63.6 cm³/mol. The Hall–Kier alpha value is -2.70. The number of hydrogen-bond acceptors (Lipinski definition) is 5. The van der Waals surface area contributed by atoms with E-state index in [9.17, 15) is 9.50 Å². The highest BCUT2D eigenvalue weighted by Crippen LogP contribution is 2.29. The summed E-state index contributed by atoms with van der Waals surface area (Å²) in [5, 5.41) is 13.4. The number of imidazole rings is 1. The Morgan fingerprint density at radius 3 is 2.95 bits per heavy atom. The van der Waals surface area contributed by atoms with Gasteiger partial charge in [0.25, 0.3) is 5.89 Å². The van der Waals surface area contributed by atoms with E-state index in [0.717, 1.165) is 12.1 Å². The van der Waals surface area contributed by atoms with Crippen molar-refractivity contribution in [3.8, 4) is 28.9 Å². The van der Waals surface area contributed by atoms with E-state index in [1.807, 2.05) is 0 Å². The maximum absolute atomic E-state index is 13.2. The number of phenolic OH excluding ortho intramolecular Hbond substituents is 1. The lowest BCUT2D eigenvalue weighted by molar-refractivity contribution is 0.424. The molecule has 0 aliphatic carbocycles. The van der Waals surface area contributed by atoms with E-state index in [1.54, 1.807) is 24.0 Å². The Labute approximate surface area is 107 Å². The molecule has 2 aromatic heterocycles. The summed E-state index contributed by atoms with van der Waals surface area (Å²) < 4.78 is 19.9. The smallest absolute Gasteiger partial charge is 0.262 e. The number of aryl methyl sites for hydroxylation is 1. The largest absolute Gasteiger partial charge is 0.507 e. The van der Waals surface area contributed by atoms with Crippen LogP contribution in [0.15, 0.2) is 35.1 Å². The molecule has 0 unspecified atom stereocenters. The van der Waals surface area contributed by atoms with Gasteiger partial charge in [0.2, 0.25) is 5.82 Å². The predicted octanol–water partition coefficient (Wildman–Crippen LogP) is 1.98. The molecule has 0 aliphatic rings. The minimum absolute atomic E-state index is 0.0370. The van der Waals surface area contributed by atoms with Crippen LogP contribution in [0.2, 0.25) is 0 Å². The molecule has 3 rings (SSSR count). The van der Waals surface area contributed by atoms with E-state index in [-0.39, 0.29) is 23.0 Å². The topological polar surface area (TPSA) is 77.0 Å². The van der Waals surface area contributed by atoms with Gasteiger partial charge in [-0.05, 0) is 18.2 Å². The summed E-state index contributed by atoms with van der Waals surface area (Å²) >= 11 is 0. The molecule has 0 saturated carbocycles. The number of benzene rings is 1. The zero-order valence-corrected chi connectivity index (χ0v) is 9.91. The summed E-state index contributed by atoms with van der Waals surface area (Å²) in [6, 6.07) is 3.51. The molecule has 19 heavy (non-hydrogen) atoms. The molecule has 0 saturated heterocycles. The van der Waals surface area contributed by atoms with Crippen LogP contribution in [0.1, 0.15) is 0 Å². The second-order valence-corrected chi connectivity index (χ2v) is 3.95. The normalized spacial score (nSPS) is 10.8. The highest BCUT2D eigenvalue weighted by Gasteiger charge is 2.16. The molecule has 0 amide bonds. The molecule has 0 radical (unpaired) electrons. The van der Waals surface area contributed by atoms with Gasteiger partial charge in [0.1, 0.15) is 11.6 Å². The van der Waals surface area contributed by atoms with Crippen LogP contribution in [-0.4, -0.2) is 24.8 Å². The molecule has 7 heteroatoms. The van der Waals surface area contributed by atoms with Gasteiger partial charge < -0.3 is 14.2 Å². The molecule has 0 spiro atoms. The summed E-state index contributed by atoms with van der Waals surface area (Å²) in [4.78, 5) is 8.17. The fourth-order valence-electron chi connectivity index (χ4n) is 1.68. The zero-order valence-electron chi connectivity index (χ0n) is 9.91. The number of aromatic nitrogens is 4. The van der Waals surface area contributed by atoms with E-state index in [4.69, 9.17) is 4.52 Å². The second kappa shape index (κ2) is 4.20. The summed E-state index contributed by atoms with van der Waals surface area (Å²) in [7, 11) is 1.79. The van der Waals surface area contributed by atoms with E-state index < -0.39 is 5.82 Å². The maximum atomic E-state index is 13.2. The quantitative estimate of drug-likeness (QED) is 0.762. The Morgan fingerprint density at radius 1 is 1.37 bits per heavy atom. The fraction of sp³-hybridized carbons (Fsp3) is 0.0833. The average molecular weight is 260 g/mol. The number of phenols is 1. The summed E-state index contributed by atoms with van der Waals surface area (Å²) in [5.41, 5.74) is 0.146. The molecule has 2 heterocycles. The lowest BCUT2D eigenvalue weighted by Crippen LogP contribution is -1.92. The van der Waals surface area contributed by atoms with Crippen LogP contribution >= 0.6 is 0 Å².